The van der Waals surface area contributed by atoms with E-state index < -0.39 is 0 Å². The normalized spacial score (nSPS) is 14.3. The van der Waals surface area contributed by atoms with Crippen molar-refractivity contribution in [2.45, 2.75) is 18.8 Å². The molecule has 4 aromatic rings. The zero-order chi connectivity index (χ0) is 21.8. The summed E-state index contributed by atoms with van der Waals surface area (Å²) in [6, 6.07) is 19.2. The minimum atomic E-state index is 0.0928. The Labute approximate surface area is 187 Å². The monoisotopic (exact) mass is 421 g/mol. The summed E-state index contributed by atoms with van der Waals surface area (Å²) in [7, 11) is 0. The lowest BCUT2D eigenvalue weighted by atomic mass is 9.88. The van der Waals surface area contributed by atoms with Gasteiger partial charge in [0.25, 0.3) is 5.91 Å². The third-order valence-corrected chi connectivity index (χ3v) is 5.89. The average Bonchev–Trinajstić information content (AvgIpc) is 2.89. The Balaban J connectivity index is 1.43. The number of nitrogens with zero attached hydrogens (tertiary/aromatic N) is 5. The summed E-state index contributed by atoms with van der Waals surface area (Å²) in [4.78, 5) is 32.9. The fraction of sp³-hybridized carbons (Fsp3) is 0.192. The second kappa shape index (κ2) is 9.06. The molecule has 0 atom stereocenters. The van der Waals surface area contributed by atoms with Crippen LogP contribution in [0.1, 0.15) is 34.8 Å². The molecule has 3 aromatic heterocycles. The third-order valence-electron chi connectivity index (χ3n) is 5.89. The van der Waals surface area contributed by atoms with E-state index in [0.717, 1.165) is 40.9 Å². The van der Waals surface area contributed by atoms with Gasteiger partial charge < -0.3 is 4.90 Å². The van der Waals surface area contributed by atoms with Crippen molar-refractivity contribution in [3.8, 4) is 22.6 Å². The van der Waals surface area contributed by atoms with Crippen LogP contribution in [0.4, 0.5) is 0 Å². The van der Waals surface area contributed by atoms with Crippen molar-refractivity contribution in [3.05, 3.63) is 96.7 Å². The van der Waals surface area contributed by atoms with Gasteiger partial charge in [-0.2, -0.15) is 0 Å². The van der Waals surface area contributed by atoms with E-state index >= 15 is 0 Å². The summed E-state index contributed by atoms with van der Waals surface area (Å²) >= 11 is 0. The zero-order valence-electron chi connectivity index (χ0n) is 17.6. The van der Waals surface area contributed by atoms with Gasteiger partial charge in [0.2, 0.25) is 0 Å². The highest BCUT2D eigenvalue weighted by molar-refractivity contribution is 5.94. The van der Waals surface area contributed by atoms with Gasteiger partial charge in [-0.3, -0.25) is 14.8 Å². The molecular formula is C26H23N5O. The van der Waals surface area contributed by atoms with Crippen LogP contribution in [0.2, 0.25) is 0 Å². The topological polar surface area (TPSA) is 71.9 Å². The first-order chi connectivity index (χ1) is 15.8. The SMILES string of the molecule is O=C(c1ccccc1)N1CCC(c2nc(-c3ccccn3)ncc2-c2ccncc2)CC1. The molecular weight excluding hydrogens is 398 g/mol. The maximum Gasteiger partial charge on any atom is 0.253 e. The second-order valence-corrected chi connectivity index (χ2v) is 7.88. The number of rotatable bonds is 4. The third kappa shape index (κ3) is 4.12. The number of hydrogen-bond donors (Lipinski definition) is 0. The molecule has 1 saturated heterocycles. The van der Waals surface area contributed by atoms with E-state index in [4.69, 9.17) is 4.98 Å². The van der Waals surface area contributed by atoms with Gasteiger partial charge >= 0.3 is 0 Å². The number of piperidine rings is 1. The molecule has 1 aromatic carbocycles. The van der Waals surface area contributed by atoms with Gasteiger partial charge in [-0.1, -0.05) is 24.3 Å². The van der Waals surface area contributed by atoms with Crippen molar-refractivity contribution in [2.24, 2.45) is 0 Å². The van der Waals surface area contributed by atoms with Crippen LogP contribution in [0.5, 0.6) is 0 Å². The predicted octanol–water partition coefficient (Wildman–Crippen LogP) is 4.62. The molecule has 0 N–H and O–H groups in total. The number of amides is 1. The number of benzene rings is 1. The van der Waals surface area contributed by atoms with E-state index in [9.17, 15) is 4.79 Å². The Morgan fingerprint density at radius 3 is 2.31 bits per heavy atom. The molecule has 6 nitrogen and oxygen atoms in total. The van der Waals surface area contributed by atoms with E-state index in [1.165, 1.54) is 0 Å². The Morgan fingerprint density at radius 2 is 1.59 bits per heavy atom. The zero-order valence-corrected chi connectivity index (χ0v) is 17.6. The summed E-state index contributed by atoms with van der Waals surface area (Å²) in [5.74, 6) is 0.958. The van der Waals surface area contributed by atoms with Crippen molar-refractivity contribution >= 4 is 5.91 Å². The minimum Gasteiger partial charge on any atom is -0.339 e. The van der Waals surface area contributed by atoms with Gasteiger partial charge in [0, 0.05) is 54.9 Å². The maximum atomic E-state index is 12.9. The molecule has 32 heavy (non-hydrogen) atoms. The van der Waals surface area contributed by atoms with Crippen LogP contribution in [0, 0.1) is 0 Å². The number of likely N-dealkylation sites (tertiary alicyclic amines) is 1. The molecule has 1 aliphatic rings. The van der Waals surface area contributed by atoms with Crippen LogP contribution in [-0.2, 0) is 0 Å². The molecule has 1 fully saturated rings. The maximum absolute atomic E-state index is 12.9. The van der Waals surface area contributed by atoms with Crippen molar-refractivity contribution in [3.63, 3.8) is 0 Å². The van der Waals surface area contributed by atoms with Crippen molar-refractivity contribution in [1.82, 2.24) is 24.8 Å². The largest absolute Gasteiger partial charge is 0.339 e. The van der Waals surface area contributed by atoms with E-state index in [-0.39, 0.29) is 11.8 Å². The molecule has 1 aliphatic heterocycles. The van der Waals surface area contributed by atoms with Crippen LogP contribution in [0.3, 0.4) is 0 Å². The molecule has 0 unspecified atom stereocenters. The first-order valence-corrected chi connectivity index (χ1v) is 10.8. The number of hydrogen-bond acceptors (Lipinski definition) is 5. The van der Waals surface area contributed by atoms with Crippen molar-refractivity contribution in [1.29, 1.82) is 0 Å². The molecule has 5 rings (SSSR count). The molecule has 0 bridgehead atoms. The van der Waals surface area contributed by atoms with Gasteiger partial charge in [0.05, 0.1) is 5.69 Å². The molecule has 0 aliphatic carbocycles. The van der Waals surface area contributed by atoms with E-state index in [1.807, 2.05) is 71.8 Å². The first kappa shape index (κ1) is 20.0. The fourth-order valence-electron chi connectivity index (χ4n) is 4.20. The van der Waals surface area contributed by atoms with E-state index in [2.05, 4.69) is 15.0 Å². The number of carbonyl (C=O) groups is 1. The molecule has 4 heterocycles. The quantitative estimate of drug-likeness (QED) is 0.481. The van der Waals surface area contributed by atoms with Crippen LogP contribution in [-0.4, -0.2) is 43.8 Å². The van der Waals surface area contributed by atoms with E-state index in [1.54, 1.807) is 18.6 Å². The fourth-order valence-corrected chi connectivity index (χ4v) is 4.20. The lowest BCUT2D eigenvalue weighted by Crippen LogP contribution is -2.38. The van der Waals surface area contributed by atoms with Gasteiger partial charge in [0.15, 0.2) is 5.82 Å². The van der Waals surface area contributed by atoms with Crippen molar-refractivity contribution < 1.29 is 4.79 Å². The highest BCUT2D eigenvalue weighted by Gasteiger charge is 2.28. The number of pyridine rings is 2. The van der Waals surface area contributed by atoms with Crippen LogP contribution in [0.25, 0.3) is 22.6 Å². The summed E-state index contributed by atoms with van der Waals surface area (Å²) < 4.78 is 0. The standard InChI is InChI=1S/C26H23N5O/c32-26(21-6-2-1-3-7-21)31-16-11-20(12-17-31)24-22(19-9-14-27-15-10-19)18-29-25(30-24)23-8-4-5-13-28-23/h1-10,13-15,18,20H,11-12,16-17H2. The van der Waals surface area contributed by atoms with Crippen molar-refractivity contribution in [2.75, 3.05) is 13.1 Å². The molecule has 1 amide bonds. The average molecular weight is 422 g/mol. The molecule has 0 saturated carbocycles. The minimum absolute atomic E-state index is 0.0928. The van der Waals surface area contributed by atoms with Crippen LogP contribution < -0.4 is 0 Å². The van der Waals surface area contributed by atoms with Crippen LogP contribution in [0.15, 0.2) is 85.5 Å². The van der Waals surface area contributed by atoms with Gasteiger partial charge in [-0.15, -0.1) is 0 Å². The number of carbonyl (C=O) groups excluding carboxylic acids is 1. The lowest BCUT2D eigenvalue weighted by molar-refractivity contribution is 0.0712. The van der Waals surface area contributed by atoms with Gasteiger partial charge in [-0.25, -0.2) is 9.97 Å². The molecule has 158 valence electrons. The van der Waals surface area contributed by atoms with Crippen LogP contribution >= 0.6 is 0 Å². The van der Waals surface area contributed by atoms with Gasteiger partial charge in [-0.05, 0) is 54.8 Å². The van der Waals surface area contributed by atoms with Gasteiger partial charge in [0.1, 0.15) is 5.69 Å². The first-order valence-electron chi connectivity index (χ1n) is 10.8. The summed E-state index contributed by atoms with van der Waals surface area (Å²) in [5, 5.41) is 0. The summed E-state index contributed by atoms with van der Waals surface area (Å²) in [5.41, 5.74) is 4.57. The van der Waals surface area contributed by atoms with E-state index in [0.29, 0.717) is 18.9 Å². The second-order valence-electron chi connectivity index (χ2n) is 7.88. The highest BCUT2D eigenvalue weighted by atomic mass is 16.2. The smallest absolute Gasteiger partial charge is 0.253 e. The molecule has 0 spiro atoms. The summed E-state index contributed by atoms with van der Waals surface area (Å²) in [6.07, 6.45) is 8.93. The molecule has 6 heteroatoms. The Kier molecular flexibility index (Phi) is 5.66. The summed E-state index contributed by atoms with van der Waals surface area (Å²) in [6.45, 7) is 1.41. The Bertz CT molecular complexity index is 1190. The highest BCUT2D eigenvalue weighted by Crippen LogP contribution is 2.35. The molecule has 0 radical (unpaired) electrons. The predicted molar refractivity (Wildman–Crippen MR) is 123 cm³/mol. The Hall–Kier alpha value is -3.93. The lowest BCUT2D eigenvalue weighted by Gasteiger charge is -2.32. The number of aromatic nitrogens is 4. The Morgan fingerprint density at radius 1 is 0.844 bits per heavy atom.